The Bertz CT molecular complexity index is 1420. The molecule has 0 unspecified atom stereocenters. The summed E-state index contributed by atoms with van der Waals surface area (Å²) < 4.78 is 28.4. The number of anilines is 1. The Morgan fingerprint density at radius 3 is 2.26 bits per heavy atom. The van der Waals surface area contributed by atoms with Crippen molar-refractivity contribution in [1.82, 2.24) is 43.9 Å². The van der Waals surface area contributed by atoms with E-state index in [1.807, 2.05) is 0 Å². The Hall–Kier alpha value is -3.39. The predicted octanol–water partition coefficient (Wildman–Crippen LogP) is 1.38. The average molecular weight is 559 g/mol. The molecule has 1 aromatic carbocycles. The van der Waals surface area contributed by atoms with Crippen LogP contribution in [0.5, 0.6) is 0 Å². The van der Waals surface area contributed by atoms with E-state index in [9.17, 15) is 8.42 Å². The van der Waals surface area contributed by atoms with E-state index in [4.69, 9.17) is 0 Å². The second-order valence-electron chi connectivity index (χ2n) is 8.99. The van der Waals surface area contributed by atoms with Crippen LogP contribution in [-0.4, -0.2) is 98.7 Å². The summed E-state index contributed by atoms with van der Waals surface area (Å²) in [4.78, 5) is 15.7. The summed E-state index contributed by atoms with van der Waals surface area (Å²) in [5.74, 6) is 0.861. The molecule has 1 fully saturated rings. The van der Waals surface area contributed by atoms with Gasteiger partial charge in [-0.15, -0.1) is 12.4 Å². The van der Waals surface area contributed by atoms with Crippen molar-refractivity contribution in [3.05, 3.63) is 67.0 Å². The summed E-state index contributed by atoms with van der Waals surface area (Å²) in [6, 6.07) is 8.23. The lowest BCUT2D eigenvalue weighted by Gasteiger charge is -2.36. The van der Waals surface area contributed by atoms with Crippen molar-refractivity contribution >= 4 is 28.2 Å². The molecule has 0 spiro atoms. The van der Waals surface area contributed by atoms with Crippen LogP contribution in [0, 0.1) is 0 Å². The number of hydrogen-bond donors (Lipinski definition) is 0. The predicted molar refractivity (Wildman–Crippen MR) is 146 cm³/mol. The zero-order valence-electron chi connectivity index (χ0n) is 21.3. The molecule has 202 valence electrons. The molecule has 0 aliphatic carbocycles. The fraction of sp³-hybridized carbons (Fsp3) is 0.375. The molecule has 1 aliphatic heterocycles. The highest BCUT2D eigenvalue weighted by Gasteiger charge is 2.25. The molecule has 0 saturated carbocycles. The van der Waals surface area contributed by atoms with Crippen molar-refractivity contribution < 1.29 is 8.42 Å². The molecule has 4 heterocycles. The molecule has 0 amide bonds. The molecule has 1 aliphatic rings. The first kappa shape index (κ1) is 27.6. The van der Waals surface area contributed by atoms with Crippen LogP contribution in [0.1, 0.15) is 5.56 Å². The van der Waals surface area contributed by atoms with Gasteiger partial charge in [0.15, 0.2) is 5.82 Å². The minimum Gasteiger partial charge on any atom is -0.352 e. The minimum absolute atomic E-state index is 0. The Labute approximate surface area is 228 Å². The summed E-state index contributed by atoms with van der Waals surface area (Å²) in [5.41, 5.74) is 2.96. The number of nitrogens with zero attached hydrogens (tertiary/aromatic N) is 10. The summed E-state index contributed by atoms with van der Waals surface area (Å²) in [6.45, 7) is 4.87. The molecular weight excluding hydrogens is 528 g/mol. The van der Waals surface area contributed by atoms with Gasteiger partial charge in [0.25, 0.3) is 0 Å². The molecule has 4 aromatic rings. The van der Waals surface area contributed by atoms with Crippen molar-refractivity contribution in [1.29, 1.82) is 0 Å². The monoisotopic (exact) mass is 558 g/mol. The highest BCUT2D eigenvalue weighted by molar-refractivity contribution is 7.89. The van der Waals surface area contributed by atoms with Gasteiger partial charge in [0.05, 0.1) is 25.1 Å². The quantitative estimate of drug-likeness (QED) is 0.300. The molecule has 0 N–H and O–H groups in total. The largest absolute Gasteiger partial charge is 0.352 e. The topological polar surface area (TPSA) is 118 Å². The van der Waals surface area contributed by atoms with Gasteiger partial charge in [0.1, 0.15) is 10.6 Å². The van der Waals surface area contributed by atoms with Crippen molar-refractivity contribution in [2.75, 3.05) is 51.2 Å². The molecule has 14 heteroatoms. The molecule has 38 heavy (non-hydrogen) atoms. The van der Waals surface area contributed by atoms with E-state index in [1.165, 1.54) is 21.4 Å². The van der Waals surface area contributed by atoms with E-state index in [2.05, 4.69) is 59.3 Å². The van der Waals surface area contributed by atoms with Gasteiger partial charge in [-0.05, 0) is 5.56 Å². The van der Waals surface area contributed by atoms with Crippen LogP contribution in [0.25, 0.3) is 11.3 Å². The lowest BCUT2D eigenvalue weighted by molar-refractivity contribution is 0.243. The smallest absolute Gasteiger partial charge is 0.245 e. The summed E-state index contributed by atoms with van der Waals surface area (Å²) in [6.07, 6.45) is 9.68. The van der Waals surface area contributed by atoms with Crippen molar-refractivity contribution in [3.63, 3.8) is 0 Å². The summed E-state index contributed by atoms with van der Waals surface area (Å²) >= 11 is 0. The molecule has 5 rings (SSSR count). The van der Waals surface area contributed by atoms with E-state index in [0.717, 1.165) is 48.8 Å². The van der Waals surface area contributed by atoms with Gasteiger partial charge < -0.3 is 4.90 Å². The van der Waals surface area contributed by atoms with E-state index < -0.39 is 10.0 Å². The number of rotatable bonds is 9. The van der Waals surface area contributed by atoms with E-state index in [-0.39, 0.29) is 17.3 Å². The fourth-order valence-electron chi connectivity index (χ4n) is 4.32. The van der Waals surface area contributed by atoms with Crippen LogP contribution in [-0.2, 0) is 23.6 Å². The molecule has 12 nitrogen and oxygen atoms in total. The normalized spacial score (nSPS) is 14.6. The number of benzene rings is 1. The van der Waals surface area contributed by atoms with Gasteiger partial charge in [-0.1, -0.05) is 24.3 Å². The van der Waals surface area contributed by atoms with Crippen molar-refractivity contribution in [2.24, 2.45) is 7.05 Å². The maximum absolute atomic E-state index is 12.8. The fourth-order valence-corrected chi connectivity index (χ4v) is 5.47. The Morgan fingerprint density at radius 2 is 1.61 bits per heavy atom. The standard InChI is InChI=1S/C24H30N10O2S.ClH/c1-30-19-22(17-29-30)37(35,36)31(2)11-12-32-13-15-33(16-14-32)24-23(25-7-8-26-24)21-5-3-20(4-6-21)18-34-27-9-10-28-34;/h3-10,17,19H,11-16,18H2,1-2H3;1H. The highest BCUT2D eigenvalue weighted by atomic mass is 35.5. The lowest BCUT2D eigenvalue weighted by atomic mass is 10.1. The number of halogens is 1. The molecule has 3 aromatic heterocycles. The van der Waals surface area contributed by atoms with Gasteiger partial charge in [-0.3, -0.25) is 14.6 Å². The van der Waals surface area contributed by atoms with Crippen LogP contribution in [0.4, 0.5) is 5.82 Å². The molecule has 0 bridgehead atoms. The van der Waals surface area contributed by atoms with E-state index in [0.29, 0.717) is 19.6 Å². The SMILES string of the molecule is CN(CCN1CCN(c2nccnc2-c2ccc(Cn3nccn3)cc2)CC1)S(=O)(=O)c1cnn(C)c1.Cl. The number of likely N-dealkylation sites (N-methyl/N-ethyl adjacent to an activating group) is 1. The first-order valence-corrected chi connectivity index (χ1v) is 13.5. The number of aryl methyl sites for hydroxylation is 1. The van der Waals surface area contributed by atoms with Crippen LogP contribution >= 0.6 is 12.4 Å². The average Bonchev–Trinajstić information content (AvgIpc) is 3.60. The van der Waals surface area contributed by atoms with Crippen LogP contribution in [0.2, 0.25) is 0 Å². The third-order valence-electron chi connectivity index (χ3n) is 6.49. The van der Waals surface area contributed by atoms with Gasteiger partial charge in [0.2, 0.25) is 10.0 Å². The molecular formula is C24H31ClN10O2S. The molecule has 1 saturated heterocycles. The van der Waals surface area contributed by atoms with Gasteiger partial charge in [0, 0.05) is 77.5 Å². The van der Waals surface area contributed by atoms with E-state index >= 15 is 0 Å². The maximum atomic E-state index is 12.8. The van der Waals surface area contributed by atoms with Crippen molar-refractivity contribution in [3.8, 4) is 11.3 Å². The first-order chi connectivity index (χ1) is 17.9. The minimum atomic E-state index is -3.54. The number of hydrogen-bond acceptors (Lipinski definition) is 9. The van der Waals surface area contributed by atoms with Crippen LogP contribution in [0.15, 0.2) is 66.3 Å². The second-order valence-corrected chi connectivity index (χ2v) is 11.0. The zero-order valence-corrected chi connectivity index (χ0v) is 23.0. The summed E-state index contributed by atoms with van der Waals surface area (Å²) in [7, 11) is -0.223. The second kappa shape index (κ2) is 12.0. The first-order valence-electron chi connectivity index (χ1n) is 12.1. The molecule has 0 radical (unpaired) electrons. The number of sulfonamides is 1. The van der Waals surface area contributed by atoms with Crippen LogP contribution in [0.3, 0.4) is 0 Å². The van der Waals surface area contributed by atoms with Gasteiger partial charge in [-0.25, -0.2) is 13.4 Å². The molecule has 0 atom stereocenters. The highest BCUT2D eigenvalue weighted by Crippen LogP contribution is 2.27. The zero-order chi connectivity index (χ0) is 25.8. The van der Waals surface area contributed by atoms with Crippen LogP contribution < -0.4 is 4.90 Å². The van der Waals surface area contributed by atoms with E-state index in [1.54, 1.807) is 43.7 Å². The Balaban J connectivity index is 0.00000336. The maximum Gasteiger partial charge on any atom is 0.245 e. The number of aromatic nitrogens is 7. The van der Waals surface area contributed by atoms with Crippen molar-refractivity contribution in [2.45, 2.75) is 11.4 Å². The Morgan fingerprint density at radius 1 is 0.921 bits per heavy atom. The Kier molecular flexibility index (Phi) is 8.72. The summed E-state index contributed by atoms with van der Waals surface area (Å²) in [5, 5.41) is 12.3. The third kappa shape index (κ3) is 6.18. The van der Waals surface area contributed by atoms with Gasteiger partial charge in [-0.2, -0.15) is 24.4 Å². The third-order valence-corrected chi connectivity index (χ3v) is 8.30. The lowest BCUT2D eigenvalue weighted by Crippen LogP contribution is -2.49. The number of piperazine rings is 1. The van der Waals surface area contributed by atoms with Gasteiger partial charge >= 0.3 is 0 Å².